The van der Waals surface area contributed by atoms with E-state index >= 15 is 0 Å². The summed E-state index contributed by atoms with van der Waals surface area (Å²) in [6, 6.07) is 14.1. The third kappa shape index (κ3) is 2.89. The molecule has 2 aromatic rings. The van der Waals surface area contributed by atoms with Crippen LogP contribution in [0.4, 0.5) is 0 Å². The van der Waals surface area contributed by atoms with Crippen LogP contribution >= 0.6 is 15.9 Å². The van der Waals surface area contributed by atoms with Gasteiger partial charge in [-0.3, -0.25) is 0 Å². The van der Waals surface area contributed by atoms with Gasteiger partial charge in [-0.05, 0) is 30.7 Å². The number of benzene rings is 2. The molecule has 0 fully saturated rings. The third-order valence-electron chi connectivity index (χ3n) is 3.37. The van der Waals surface area contributed by atoms with Crippen LogP contribution in [-0.2, 0) is 14.6 Å². The quantitative estimate of drug-likeness (QED) is 0.785. The average Bonchev–Trinajstić information content (AvgIpc) is 2.53. The summed E-state index contributed by atoms with van der Waals surface area (Å²) in [7, 11) is -3.58. The van der Waals surface area contributed by atoms with Crippen LogP contribution in [0.2, 0.25) is 0 Å². The van der Waals surface area contributed by atoms with Gasteiger partial charge in [0.1, 0.15) is 6.10 Å². The normalized spacial score (nSPS) is 28.3. The lowest BCUT2D eigenvalue weighted by molar-refractivity contribution is 0.173. The Morgan fingerprint density at radius 3 is 2.67 bits per heavy atom. The molecule has 0 saturated carbocycles. The van der Waals surface area contributed by atoms with E-state index in [1.165, 1.54) is 0 Å². The van der Waals surface area contributed by atoms with Gasteiger partial charge in [0.15, 0.2) is 16.1 Å². The molecule has 2 aromatic carbocycles. The summed E-state index contributed by atoms with van der Waals surface area (Å²) in [5, 5.41) is 0. The second kappa shape index (κ2) is 5.53. The van der Waals surface area contributed by atoms with Crippen LogP contribution in [0.1, 0.15) is 18.6 Å². The molecule has 3 rings (SSSR count). The van der Waals surface area contributed by atoms with Crippen molar-refractivity contribution in [2.24, 2.45) is 0 Å². The maximum absolute atomic E-state index is 12.4. The molecule has 0 radical (unpaired) electrons. The SMILES string of the molecule is C[C@H]1N[S+](=O)([O-])c2ccc(Br)cc2O[C@@H]1c1ccccc1. The molecule has 6 heteroatoms. The maximum Gasteiger partial charge on any atom is 0.216 e. The van der Waals surface area contributed by atoms with Crippen LogP contribution in [0, 0.1) is 0 Å². The smallest absolute Gasteiger partial charge is 0.216 e. The van der Waals surface area contributed by atoms with Crippen LogP contribution in [0.15, 0.2) is 57.9 Å². The number of sulfonamides is 1. The van der Waals surface area contributed by atoms with E-state index in [9.17, 15) is 8.76 Å². The highest BCUT2D eigenvalue weighted by atomic mass is 79.9. The van der Waals surface area contributed by atoms with Gasteiger partial charge in [-0.2, -0.15) is 0 Å². The minimum Gasteiger partial charge on any atom is -0.593 e. The fraction of sp³-hybridized carbons (Fsp3) is 0.200. The summed E-state index contributed by atoms with van der Waals surface area (Å²) in [4.78, 5) is 0.163. The van der Waals surface area contributed by atoms with Crippen molar-refractivity contribution in [1.29, 1.82) is 0 Å². The molecule has 1 N–H and O–H groups in total. The summed E-state index contributed by atoms with van der Waals surface area (Å²) in [5.41, 5.74) is 0.931. The van der Waals surface area contributed by atoms with Crippen LogP contribution in [0.5, 0.6) is 5.75 Å². The highest BCUT2D eigenvalue weighted by Crippen LogP contribution is 2.37. The molecule has 0 amide bonds. The van der Waals surface area contributed by atoms with Crippen LogP contribution in [0.25, 0.3) is 0 Å². The Morgan fingerprint density at radius 1 is 1.24 bits per heavy atom. The van der Waals surface area contributed by atoms with E-state index in [1.54, 1.807) is 25.1 Å². The summed E-state index contributed by atoms with van der Waals surface area (Å²) in [6.45, 7) is 1.80. The molecule has 1 unspecified atom stereocenters. The lowest BCUT2D eigenvalue weighted by Crippen LogP contribution is -2.39. The van der Waals surface area contributed by atoms with Crippen molar-refractivity contribution in [2.45, 2.75) is 24.0 Å². The molecule has 4 nitrogen and oxygen atoms in total. The number of hydrogen-bond donors (Lipinski definition) is 1. The highest BCUT2D eigenvalue weighted by molar-refractivity contribution is 9.10. The van der Waals surface area contributed by atoms with Crippen molar-refractivity contribution in [3.05, 3.63) is 58.6 Å². The first-order valence-corrected chi connectivity index (χ1v) is 8.78. The van der Waals surface area contributed by atoms with E-state index in [-0.39, 0.29) is 17.0 Å². The summed E-state index contributed by atoms with van der Waals surface area (Å²) >= 11 is 3.35. The second-order valence-corrected chi connectivity index (χ2v) is 7.55. The molecule has 110 valence electrons. The van der Waals surface area contributed by atoms with Crippen molar-refractivity contribution in [1.82, 2.24) is 4.72 Å². The zero-order valence-electron chi connectivity index (χ0n) is 11.3. The fourth-order valence-corrected chi connectivity index (χ4v) is 4.10. The van der Waals surface area contributed by atoms with Crippen molar-refractivity contribution >= 4 is 26.3 Å². The van der Waals surface area contributed by atoms with Crippen LogP contribution in [-0.4, -0.2) is 10.6 Å². The minimum atomic E-state index is -3.58. The molecular weight excluding hydrogens is 354 g/mol. The van der Waals surface area contributed by atoms with E-state index in [2.05, 4.69) is 20.7 Å². The zero-order valence-corrected chi connectivity index (χ0v) is 13.7. The Kier molecular flexibility index (Phi) is 3.88. The Bertz CT molecular complexity index is 707. The topological polar surface area (TPSA) is 61.4 Å². The van der Waals surface area contributed by atoms with E-state index in [4.69, 9.17) is 4.74 Å². The van der Waals surface area contributed by atoms with E-state index in [0.717, 1.165) is 10.0 Å². The molecule has 1 heterocycles. The predicted molar refractivity (Wildman–Crippen MR) is 83.6 cm³/mol. The van der Waals surface area contributed by atoms with Crippen molar-refractivity contribution < 1.29 is 13.5 Å². The van der Waals surface area contributed by atoms with Gasteiger partial charge in [0.25, 0.3) is 0 Å². The summed E-state index contributed by atoms with van der Waals surface area (Å²) < 4.78 is 34.2. The largest absolute Gasteiger partial charge is 0.593 e. The van der Waals surface area contributed by atoms with Crippen LogP contribution < -0.4 is 9.46 Å². The number of nitrogens with one attached hydrogen (secondary N) is 1. The number of rotatable bonds is 1. The molecule has 21 heavy (non-hydrogen) atoms. The molecule has 0 bridgehead atoms. The van der Waals surface area contributed by atoms with Gasteiger partial charge in [-0.25, -0.2) is 0 Å². The van der Waals surface area contributed by atoms with E-state index in [1.807, 2.05) is 30.3 Å². The molecule has 3 atom stereocenters. The predicted octanol–water partition coefficient (Wildman–Crippen LogP) is 3.46. The molecule has 0 saturated heterocycles. The first-order chi connectivity index (χ1) is 9.97. The van der Waals surface area contributed by atoms with Crippen molar-refractivity contribution in [3.63, 3.8) is 0 Å². The third-order valence-corrected chi connectivity index (χ3v) is 5.46. The van der Waals surface area contributed by atoms with E-state index in [0.29, 0.717) is 5.75 Å². The minimum absolute atomic E-state index is 0.163. The van der Waals surface area contributed by atoms with Gasteiger partial charge < -0.3 is 9.29 Å². The number of halogens is 1. The van der Waals surface area contributed by atoms with Crippen LogP contribution in [0.3, 0.4) is 0 Å². The van der Waals surface area contributed by atoms with Gasteiger partial charge >= 0.3 is 0 Å². The van der Waals surface area contributed by atoms with Crippen molar-refractivity contribution in [3.8, 4) is 5.75 Å². The lowest BCUT2D eigenvalue weighted by Gasteiger charge is -2.22. The zero-order chi connectivity index (χ0) is 15.0. The summed E-state index contributed by atoms with van der Waals surface area (Å²) in [5.74, 6) is 0.357. The first-order valence-electron chi connectivity index (χ1n) is 6.51. The first kappa shape index (κ1) is 14.7. The Hall–Kier alpha value is -1.21. The van der Waals surface area contributed by atoms with Gasteiger partial charge in [-0.1, -0.05) is 50.5 Å². The Morgan fingerprint density at radius 2 is 1.95 bits per heavy atom. The molecule has 1 aliphatic heterocycles. The van der Waals surface area contributed by atoms with Gasteiger partial charge in [0, 0.05) is 4.47 Å². The maximum atomic E-state index is 12.4. The molecule has 0 aliphatic carbocycles. The Labute approximate surface area is 133 Å². The number of ether oxygens (including phenoxy) is 1. The summed E-state index contributed by atoms with van der Waals surface area (Å²) in [6.07, 6.45) is -0.378. The van der Waals surface area contributed by atoms with Gasteiger partial charge in [0.2, 0.25) is 4.90 Å². The number of fused-ring (bicyclic) bond motifs is 1. The van der Waals surface area contributed by atoms with Crippen molar-refractivity contribution in [2.75, 3.05) is 0 Å². The lowest BCUT2D eigenvalue weighted by atomic mass is 10.0. The monoisotopic (exact) mass is 367 g/mol. The average molecular weight is 368 g/mol. The van der Waals surface area contributed by atoms with Gasteiger partial charge in [-0.15, -0.1) is 4.72 Å². The molecule has 0 aromatic heterocycles. The molecule has 1 aliphatic rings. The fourth-order valence-electron chi connectivity index (χ4n) is 2.40. The van der Waals surface area contributed by atoms with E-state index < -0.39 is 10.4 Å². The molecule has 0 spiro atoms. The highest BCUT2D eigenvalue weighted by Gasteiger charge is 2.37. The molecular formula is C15H14BrNO3S. The second-order valence-electron chi connectivity index (χ2n) is 4.95. The van der Waals surface area contributed by atoms with Gasteiger partial charge in [0.05, 0.1) is 6.04 Å². The standard InChI is InChI=1S/C15H14BrNO3S/c1-10-15(11-5-3-2-4-6-11)20-13-9-12(16)7-8-14(13)21(18,19)17-10/h2-10,15H,1H3,(H-,17,18,19)/t10-,15+/m1/s1. The number of hydrogen-bond acceptors (Lipinski definition) is 3. The Balaban J connectivity index is 2.10.